The van der Waals surface area contributed by atoms with Crippen molar-refractivity contribution in [3.05, 3.63) is 94.6 Å². The number of esters is 1. The van der Waals surface area contributed by atoms with Crippen molar-refractivity contribution >= 4 is 5.97 Å². The predicted octanol–water partition coefficient (Wildman–Crippen LogP) is 6.37. The molecule has 0 N–H and O–H groups in total. The molecule has 0 spiro atoms. The molecule has 0 aliphatic rings. The largest absolute Gasteiger partial charge is 0.497 e. The minimum atomic E-state index is -4.91. The van der Waals surface area contributed by atoms with Gasteiger partial charge in [-0.1, -0.05) is 18.2 Å². The van der Waals surface area contributed by atoms with E-state index in [-0.39, 0.29) is 18.1 Å². The number of benzene rings is 2. The maximum Gasteiger partial charge on any atom is 0.434 e. The summed E-state index contributed by atoms with van der Waals surface area (Å²) in [7, 11) is 1.60. The van der Waals surface area contributed by atoms with Gasteiger partial charge >= 0.3 is 12.1 Å². The molecule has 6 nitrogen and oxygen atoms in total. The van der Waals surface area contributed by atoms with Crippen molar-refractivity contribution in [2.24, 2.45) is 0 Å². The monoisotopic (exact) mass is 527 g/mol. The molecule has 0 unspecified atom stereocenters. The average molecular weight is 528 g/mol. The van der Waals surface area contributed by atoms with Crippen LogP contribution in [0.15, 0.2) is 60.8 Å². The first-order chi connectivity index (χ1) is 18.1. The second-order valence-corrected chi connectivity index (χ2v) is 8.51. The molecule has 38 heavy (non-hydrogen) atoms. The van der Waals surface area contributed by atoms with Crippen molar-refractivity contribution in [1.82, 2.24) is 14.8 Å². The molecular weight excluding hydrogens is 502 g/mol. The highest BCUT2D eigenvalue weighted by Gasteiger charge is 2.41. The molecule has 0 atom stereocenters. The SMILES string of the molecule is CCOC(=O)c1cnn(-c2cccc(-c3cc(F)ccc3CCc3ccc(OC)cc3C)n2)c1C(F)(F)F. The molecular formula is C28H25F4N3O3. The van der Waals surface area contributed by atoms with Gasteiger partial charge < -0.3 is 9.47 Å². The highest BCUT2D eigenvalue weighted by Crippen LogP contribution is 2.34. The van der Waals surface area contributed by atoms with Gasteiger partial charge in [0.1, 0.15) is 17.1 Å². The van der Waals surface area contributed by atoms with E-state index in [1.54, 1.807) is 19.2 Å². The molecule has 4 rings (SSSR count). The van der Waals surface area contributed by atoms with Crippen LogP contribution < -0.4 is 4.74 Å². The van der Waals surface area contributed by atoms with E-state index in [9.17, 15) is 22.4 Å². The first-order valence-corrected chi connectivity index (χ1v) is 11.8. The highest BCUT2D eigenvalue weighted by molar-refractivity contribution is 5.90. The van der Waals surface area contributed by atoms with Gasteiger partial charge in [-0.2, -0.15) is 18.3 Å². The molecule has 0 radical (unpaired) electrons. The smallest absolute Gasteiger partial charge is 0.434 e. The van der Waals surface area contributed by atoms with Gasteiger partial charge in [-0.15, -0.1) is 0 Å². The average Bonchev–Trinajstić information content (AvgIpc) is 3.35. The van der Waals surface area contributed by atoms with E-state index in [1.165, 1.54) is 31.2 Å². The van der Waals surface area contributed by atoms with E-state index in [4.69, 9.17) is 9.47 Å². The zero-order chi connectivity index (χ0) is 27.4. The Hall–Kier alpha value is -4.21. The minimum Gasteiger partial charge on any atom is -0.497 e. The van der Waals surface area contributed by atoms with Gasteiger partial charge in [-0.05, 0) is 79.8 Å². The fraction of sp³-hybridized carbons (Fsp3) is 0.250. The molecule has 0 aliphatic heterocycles. The van der Waals surface area contributed by atoms with Crippen LogP contribution in [0.1, 0.15) is 39.7 Å². The lowest BCUT2D eigenvalue weighted by Crippen LogP contribution is -2.19. The van der Waals surface area contributed by atoms with E-state index in [0.29, 0.717) is 23.1 Å². The van der Waals surface area contributed by atoms with Crippen LogP contribution in [0.5, 0.6) is 5.75 Å². The third kappa shape index (κ3) is 5.69. The molecule has 0 saturated heterocycles. The molecule has 2 aromatic carbocycles. The summed E-state index contributed by atoms with van der Waals surface area (Å²) in [5, 5.41) is 3.78. The Balaban J connectivity index is 1.72. The number of nitrogens with zero attached hydrogens (tertiary/aromatic N) is 3. The number of rotatable bonds is 8. The summed E-state index contributed by atoms with van der Waals surface area (Å²) in [5.74, 6) is -1.07. The first kappa shape index (κ1) is 26.8. The van der Waals surface area contributed by atoms with Crippen molar-refractivity contribution in [2.75, 3.05) is 13.7 Å². The Bertz CT molecular complexity index is 1460. The highest BCUT2D eigenvalue weighted by atomic mass is 19.4. The summed E-state index contributed by atoms with van der Waals surface area (Å²) in [5.41, 5.74) is 1.61. The van der Waals surface area contributed by atoms with Gasteiger partial charge in [0.25, 0.3) is 0 Å². The van der Waals surface area contributed by atoms with Crippen molar-refractivity contribution in [3.8, 4) is 22.8 Å². The van der Waals surface area contributed by atoms with E-state index < -0.39 is 29.2 Å². The Morgan fingerprint density at radius 2 is 1.76 bits per heavy atom. The molecule has 0 amide bonds. The van der Waals surface area contributed by atoms with Crippen LogP contribution in [0.2, 0.25) is 0 Å². The summed E-state index contributed by atoms with van der Waals surface area (Å²) in [6.45, 7) is 3.38. The summed E-state index contributed by atoms with van der Waals surface area (Å²) < 4.78 is 66.7. The zero-order valence-electron chi connectivity index (χ0n) is 21.0. The number of carbonyl (C=O) groups is 1. The number of ether oxygens (including phenoxy) is 2. The standard InChI is InChI=1S/C28H25F4N3O3/c1-4-38-27(36)23-16-33-35(26(23)28(30,31)32)25-7-5-6-24(34-25)22-15-20(29)12-10-19(22)9-8-18-11-13-21(37-3)14-17(18)2/h5-7,10-16H,4,8-9H2,1-3H3. The second-order valence-electron chi connectivity index (χ2n) is 8.51. The van der Waals surface area contributed by atoms with Crippen LogP contribution in [0, 0.1) is 12.7 Å². The van der Waals surface area contributed by atoms with E-state index in [1.807, 2.05) is 25.1 Å². The zero-order valence-corrected chi connectivity index (χ0v) is 21.0. The van der Waals surface area contributed by atoms with Crippen LogP contribution >= 0.6 is 0 Å². The van der Waals surface area contributed by atoms with Crippen LogP contribution in [0.25, 0.3) is 17.1 Å². The summed E-state index contributed by atoms with van der Waals surface area (Å²) in [4.78, 5) is 16.5. The van der Waals surface area contributed by atoms with E-state index in [0.717, 1.165) is 28.6 Å². The number of aryl methyl sites for hydroxylation is 3. The molecule has 0 bridgehead atoms. The number of methoxy groups -OCH3 is 1. The molecule has 0 aliphatic carbocycles. The van der Waals surface area contributed by atoms with Gasteiger partial charge in [0, 0.05) is 5.56 Å². The fourth-order valence-corrected chi connectivity index (χ4v) is 4.19. The third-order valence-electron chi connectivity index (χ3n) is 6.05. The molecule has 0 fully saturated rings. The maximum absolute atomic E-state index is 14.3. The van der Waals surface area contributed by atoms with Gasteiger partial charge in [-0.3, -0.25) is 0 Å². The molecule has 2 heterocycles. The Labute approximate surface area is 216 Å². The summed E-state index contributed by atoms with van der Waals surface area (Å²) in [6.07, 6.45) is -2.91. The second kappa shape index (κ2) is 11.0. The van der Waals surface area contributed by atoms with Crippen LogP contribution in [0.4, 0.5) is 17.6 Å². The van der Waals surface area contributed by atoms with Crippen LogP contribution in [-0.2, 0) is 23.8 Å². The first-order valence-electron chi connectivity index (χ1n) is 11.8. The fourth-order valence-electron chi connectivity index (χ4n) is 4.19. The normalized spacial score (nSPS) is 11.4. The van der Waals surface area contributed by atoms with Crippen molar-refractivity contribution in [3.63, 3.8) is 0 Å². The molecule has 198 valence electrons. The number of pyridine rings is 1. The Morgan fingerprint density at radius 3 is 2.45 bits per heavy atom. The van der Waals surface area contributed by atoms with Gasteiger partial charge in [-0.25, -0.2) is 18.9 Å². The van der Waals surface area contributed by atoms with E-state index in [2.05, 4.69) is 10.1 Å². The quantitative estimate of drug-likeness (QED) is 0.197. The summed E-state index contributed by atoms with van der Waals surface area (Å²) in [6, 6.07) is 14.5. The van der Waals surface area contributed by atoms with E-state index >= 15 is 0 Å². The third-order valence-corrected chi connectivity index (χ3v) is 6.05. The maximum atomic E-state index is 14.3. The van der Waals surface area contributed by atoms with Crippen molar-refractivity contribution in [2.45, 2.75) is 32.9 Å². The van der Waals surface area contributed by atoms with Crippen molar-refractivity contribution < 1.29 is 31.8 Å². The molecule has 2 aromatic heterocycles. The number of aromatic nitrogens is 3. The van der Waals surface area contributed by atoms with Crippen LogP contribution in [-0.4, -0.2) is 34.5 Å². The molecule has 10 heteroatoms. The summed E-state index contributed by atoms with van der Waals surface area (Å²) >= 11 is 0. The topological polar surface area (TPSA) is 66.2 Å². The van der Waals surface area contributed by atoms with Crippen molar-refractivity contribution in [1.29, 1.82) is 0 Å². The predicted molar refractivity (Wildman–Crippen MR) is 133 cm³/mol. The number of carbonyl (C=O) groups excluding carboxylic acids is 1. The van der Waals surface area contributed by atoms with Gasteiger partial charge in [0.05, 0.1) is 25.6 Å². The van der Waals surface area contributed by atoms with Gasteiger partial charge in [0.2, 0.25) is 0 Å². The number of hydrogen-bond acceptors (Lipinski definition) is 5. The number of halogens is 4. The lowest BCUT2D eigenvalue weighted by molar-refractivity contribution is -0.143. The minimum absolute atomic E-state index is 0.0898. The molecule has 0 saturated carbocycles. The Kier molecular flexibility index (Phi) is 7.80. The lowest BCUT2D eigenvalue weighted by Gasteiger charge is -2.14. The Morgan fingerprint density at radius 1 is 1.03 bits per heavy atom. The lowest BCUT2D eigenvalue weighted by atomic mass is 9.95. The number of hydrogen-bond donors (Lipinski definition) is 0. The molecule has 4 aromatic rings. The number of alkyl halides is 3. The van der Waals surface area contributed by atoms with Crippen LogP contribution in [0.3, 0.4) is 0 Å². The van der Waals surface area contributed by atoms with Gasteiger partial charge in [0.15, 0.2) is 11.5 Å².